The molecular weight excluding hydrogens is 540 g/mol. The summed E-state index contributed by atoms with van der Waals surface area (Å²) in [5, 5.41) is 2.50. The Balaban J connectivity index is 1.34. The third-order valence-electron chi connectivity index (χ3n) is 8.80. The van der Waals surface area contributed by atoms with Gasteiger partial charge in [-0.15, -0.1) is 0 Å². The molecule has 0 N–H and O–H groups in total. The number of rotatable bonds is 2. The highest BCUT2D eigenvalue weighted by Crippen LogP contribution is 2.33. The lowest BCUT2D eigenvalue weighted by atomic mass is 10.2. The first-order chi connectivity index (χ1) is 21.8. The van der Waals surface area contributed by atoms with E-state index >= 15 is 0 Å². The van der Waals surface area contributed by atoms with Crippen molar-refractivity contribution < 1.29 is 0 Å². The van der Waals surface area contributed by atoms with Crippen LogP contribution in [0.4, 0.5) is 0 Å². The Labute approximate surface area is 250 Å². The molecule has 0 unspecified atom stereocenters. The minimum atomic E-state index is 0.803. The molecule has 0 fully saturated rings. The first-order valence-corrected chi connectivity index (χ1v) is 14.8. The monoisotopic (exact) mass is 564 g/mol. The summed E-state index contributed by atoms with van der Waals surface area (Å²) in [6.45, 7) is 0. The molecule has 0 aliphatic carbocycles. The van der Waals surface area contributed by atoms with Gasteiger partial charge in [-0.25, -0.2) is 14.5 Å². The first kappa shape index (κ1) is 23.4. The lowest BCUT2D eigenvalue weighted by Gasteiger charge is -2.11. The molecule has 0 aliphatic heterocycles. The number of aromatic nitrogens is 6. The minimum Gasteiger partial charge on any atom is -0.309 e. The zero-order chi connectivity index (χ0) is 28.8. The molecule has 10 rings (SSSR count). The molecule has 6 nitrogen and oxygen atoms in total. The molecule has 6 heteroatoms. The molecule has 0 saturated heterocycles. The van der Waals surface area contributed by atoms with E-state index in [0.29, 0.717) is 0 Å². The van der Waals surface area contributed by atoms with Crippen molar-refractivity contribution in [2.75, 3.05) is 0 Å². The highest BCUT2D eigenvalue weighted by molar-refractivity contribution is 6.09. The summed E-state index contributed by atoms with van der Waals surface area (Å²) in [4.78, 5) is 10.4. The van der Waals surface area contributed by atoms with Crippen molar-refractivity contribution in [3.8, 4) is 11.4 Å². The zero-order valence-electron chi connectivity index (χ0n) is 23.5. The van der Waals surface area contributed by atoms with Crippen molar-refractivity contribution in [3.05, 3.63) is 146 Å². The molecule has 0 atom stereocenters. The van der Waals surface area contributed by atoms with Crippen LogP contribution in [0, 0.1) is 0 Å². The summed E-state index contributed by atoms with van der Waals surface area (Å²) < 4.78 is 9.05. The lowest BCUT2D eigenvalue weighted by Crippen LogP contribution is -2.02. The molecule has 0 spiro atoms. The van der Waals surface area contributed by atoms with Gasteiger partial charge in [-0.2, -0.15) is 0 Å². The summed E-state index contributed by atoms with van der Waals surface area (Å²) in [5.41, 5.74) is 10.6. The van der Waals surface area contributed by atoms with Crippen LogP contribution in [0.2, 0.25) is 0 Å². The quantitative estimate of drug-likeness (QED) is 0.210. The third-order valence-corrected chi connectivity index (χ3v) is 8.80. The van der Waals surface area contributed by atoms with Gasteiger partial charge in [0.2, 0.25) is 11.6 Å². The lowest BCUT2D eigenvalue weighted by molar-refractivity contribution is 1.02. The SMILES string of the molecule is c1ccc2c(c1)nc1n(-c3ccc(-n4c5ccccc5c5ccccc54)cc3)c3nc4ccccc4n3c3ccccc3n21. The van der Waals surface area contributed by atoms with Gasteiger partial charge >= 0.3 is 0 Å². The molecule has 0 saturated carbocycles. The summed E-state index contributed by atoms with van der Waals surface area (Å²) in [5.74, 6) is 1.61. The summed E-state index contributed by atoms with van der Waals surface area (Å²) in [6.07, 6.45) is 0. The van der Waals surface area contributed by atoms with Crippen molar-refractivity contribution in [3.63, 3.8) is 0 Å². The fraction of sp³-hybridized carbons (Fsp3) is 0. The van der Waals surface area contributed by atoms with E-state index in [1.807, 2.05) is 12.1 Å². The fourth-order valence-corrected chi connectivity index (χ4v) is 6.92. The topological polar surface area (TPSA) is 44.5 Å². The van der Waals surface area contributed by atoms with Gasteiger partial charge < -0.3 is 4.57 Å². The van der Waals surface area contributed by atoms with Crippen molar-refractivity contribution >= 4 is 66.5 Å². The molecule has 0 bridgehead atoms. The van der Waals surface area contributed by atoms with Crippen LogP contribution in [-0.2, 0) is 0 Å². The number of fused-ring (bicyclic) bond motifs is 12. The standard InChI is InChI=1S/C38H24N6/c1-5-15-31-27(11-1)28-12-2-6-16-32(28)41(31)25-21-23-26(24-22-25)42-37-39-29-13-3-7-17-33(29)43(37)35-19-9-10-20-36(35)44-34-18-8-4-14-30(34)40-38(42)44/h1-24H. The summed E-state index contributed by atoms with van der Waals surface area (Å²) >= 11 is 0. The van der Waals surface area contributed by atoms with Gasteiger partial charge in [0.25, 0.3) is 0 Å². The normalized spacial score (nSPS) is 12.1. The summed E-state index contributed by atoms with van der Waals surface area (Å²) in [7, 11) is 0. The second-order valence-electron chi connectivity index (χ2n) is 11.2. The van der Waals surface area contributed by atoms with Gasteiger partial charge in [0.15, 0.2) is 0 Å². The fourth-order valence-electron chi connectivity index (χ4n) is 6.92. The van der Waals surface area contributed by atoms with Crippen LogP contribution in [0.25, 0.3) is 77.8 Å². The molecule has 10 aromatic rings. The van der Waals surface area contributed by atoms with Gasteiger partial charge in [0.05, 0.1) is 49.8 Å². The van der Waals surface area contributed by atoms with E-state index < -0.39 is 0 Å². The van der Waals surface area contributed by atoms with Crippen LogP contribution in [0.1, 0.15) is 0 Å². The second kappa shape index (κ2) is 8.69. The van der Waals surface area contributed by atoms with E-state index in [1.165, 1.54) is 21.8 Å². The average molecular weight is 565 g/mol. The Hall–Kier alpha value is -6.14. The maximum atomic E-state index is 5.22. The molecular formula is C38H24N6. The molecule has 0 radical (unpaired) electrons. The van der Waals surface area contributed by atoms with Gasteiger partial charge in [0.1, 0.15) is 0 Å². The van der Waals surface area contributed by atoms with Gasteiger partial charge in [-0.1, -0.05) is 72.8 Å². The van der Waals surface area contributed by atoms with E-state index in [1.54, 1.807) is 0 Å². The van der Waals surface area contributed by atoms with Crippen LogP contribution in [0.15, 0.2) is 146 Å². The molecule has 44 heavy (non-hydrogen) atoms. The van der Waals surface area contributed by atoms with Crippen molar-refractivity contribution in [2.24, 2.45) is 0 Å². The van der Waals surface area contributed by atoms with Crippen molar-refractivity contribution in [1.82, 2.24) is 27.9 Å². The molecule has 0 aliphatic rings. The van der Waals surface area contributed by atoms with Crippen molar-refractivity contribution in [1.29, 1.82) is 0 Å². The number of imidazole rings is 2. The third kappa shape index (κ3) is 3.08. The molecule has 4 aromatic heterocycles. The van der Waals surface area contributed by atoms with E-state index in [0.717, 1.165) is 56.0 Å². The molecule has 6 aromatic carbocycles. The molecule has 4 heterocycles. The number of hydrogen-bond acceptors (Lipinski definition) is 2. The first-order valence-electron chi connectivity index (χ1n) is 14.8. The molecule has 206 valence electrons. The van der Waals surface area contributed by atoms with E-state index in [4.69, 9.17) is 9.97 Å². The number of benzene rings is 6. The Morgan fingerprint density at radius 2 is 0.682 bits per heavy atom. The number of nitrogens with zero attached hydrogens (tertiary/aromatic N) is 6. The second-order valence-corrected chi connectivity index (χ2v) is 11.2. The predicted molar refractivity (Wildman–Crippen MR) is 179 cm³/mol. The zero-order valence-corrected chi connectivity index (χ0v) is 23.5. The van der Waals surface area contributed by atoms with Crippen LogP contribution in [0.5, 0.6) is 0 Å². The Morgan fingerprint density at radius 3 is 1.16 bits per heavy atom. The Bertz CT molecular complexity index is 2610. The van der Waals surface area contributed by atoms with E-state index in [-0.39, 0.29) is 0 Å². The predicted octanol–water partition coefficient (Wildman–Crippen LogP) is 8.89. The maximum absolute atomic E-state index is 5.22. The summed E-state index contributed by atoms with van der Waals surface area (Å²) in [6, 6.07) is 51.2. The minimum absolute atomic E-state index is 0.803. The van der Waals surface area contributed by atoms with E-state index in [9.17, 15) is 0 Å². The Morgan fingerprint density at radius 1 is 0.318 bits per heavy atom. The highest BCUT2D eigenvalue weighted by atomic mass is 15.3. The van der Waals surface area contributed by atoms with Crippen molar-refractivity contribution in [2.45, 2.75) is 0 Å². The van der Waals surface area contributed by atoms with Gasteiger partial charge in [-0.3, -0.25) is 8.80 Å². The van der Waals surface area contributed by atoms with E-state index in [2.05, 4.69) is 151 Å². The number of hydrogen-bond donors (Lipinski definition) is 0. The smallest absolute Gasteiger partial charge is 0.223 e. The molecule has 0 amide bonds. The van der Waals surface area contributed by atoms with Crippen LogP contribution in [-0.4, -0.2) is 27.9 Å². The largest absolute Gasteiger partial charge is 0.309 e. The van der Waals surface area contributed by atoms with Crippen LogP contribution >= 0.6 is 0 Å². The van der Waals surface area contributed by atoms with Crippen LogP contribution < -0.4 is 0 Å². The average Bonchev–Trinajstić information content (AvgIpc) is 3.73. The maximum Gasteiger partial charge on any atom is 0.223 e. The van der Waals surface area contributed by atoms with Crippen LogP contribution in [0.3, 0.4) is 0 Å². The van der Waals surface area contributed by atoms with Gasteiger partial charge in [0, 0.05) is 16.5 Å². The Kier molecular flexibility index (Phi) is 4.63. The number of para-hydroxylation sites is 8. The van der Waals surface area contributed by atoms with Gasteiger partial charge in [-0.05, 0) is 72.8 Å². The highest BCUT2D eigenvalue weighted by Gasteiger charge is 2.19.